The molecule has 104 valence electrons. The van der Waals surface area contributed by atoms with Crippen molar-refractivity contribution in [2.45, 2.75) is 0 Å². The van der Waals surface area contributed by atoms with Gasteiger partial charge in [-0.1, -0.05) is 34.8 Å². The number of amides is 1. The molecular weight excluding hydrogens is 281 g/mol. The van der Waals surface area contributed by atoms with E-state index in [1.165, 1.54) is 30.3 Å². The van der Waals surface area contributed by atoms with Gasteiger partial charge in [-0.05, 0) is 5.56 Å². The summed E-state index contributed by atoms with van der Waals surface area (Å²) in [6.07, 6.45) is 0. The molecule has 1 amide bonds. The second-order valence-electron chi connectivity index (χ2n) is 3.80. The Bertz CT molecular complexity index is 672. The van der Waals surface area contributed by atoms with E-state index >= 15 is 0 Å². The minimum atomic E-state index is -2.18. The van der Waals surface area contributed by atoms with Crippen LogP contribution < -0.4 is 5.54 Å². The molecule has 0 radical (unpaired) electrons. The van der Waals surface area contributed by atoms with E-state index in [0.29, 0.717) is 5.54 Å². The van der Waals surface area contributed by atoms with Crippen molar-refractivity contribution in [1.29, 1.82) is 0 Å². The second-order valence-corrected chi connectivity index (χ2v) is 3.80. The first-order valence-electron chi connectivity index (χ1n) is 5.31. The van der Waals surface area contributed by atoms with Gasteiger partial charge in [-0.25, -0.2) is 17.6 Å². The molecule has 1 N–H and O–H groups in total. The first-order chi connectivity index (χ1) is 9.49. The molecule has 0 saturated heterocycles. The summed E-state index contributed by atoms with van der Waals surface area (Å²) in [6, 6.07) is 6.83. The van der Waals surface area contributed by atoms with Crippen LogP contribution in [0, 0.1) is 23.3 Å². The van der Waals surface area contributed by atoms with Gasteiger partial charge in [0.1, 0.15) is 0 Å². The molecule has 0 aliphatic carbocycles. The van der Waals surface area contributed by atoms with Crippen molar-refractivity contribution in [1.82, 2.24) is 5.54 Å². The summed E-state index contributed by atoms with van der Waals surface area (Å²) < 4.78 is 66.0. The van der Waals surface area contributed by atoms with Gasteiger partial charge >= 0.3 is 0 Å². The Labute approximate surface area is 109 Å². The zero-order chi connectivity index (χ0) is 14.9. The summed E-state index contributed by atoms with van der Waals surface area (Å²) in [6.45, 7) is 0. The summed E-state index contributed by atoms with van der Waals surface area (Å²) in [5, 5.41) is 0. The number of nitrogens with one attached hydrogen (secondary N) is 1. The quantitative estimate of drug-likeness (QED) is 0.389. The van der Waals surface area contributed by atoms with Crippen LogP contribution in [0.4, 0.5) is 22.0 Å². The number of benzene rings is 2. The van der Waals surface area contributed by atoms with E-state index in [1.54, 1.807) is 0 Å². The maximum absolute atomic E-state index is 13.8. The van der Waals surface area contributed by atoms with Gasteiger partial charge in [0.25, 0.3) is 5.91 Å². The first kappa shape index (κ1) is 14.0. The Morgan fingerprint density at radius 1 is 0.850 bits per heavy atom. The maximum Gasteiger partial charge on any atom is 0.282 e. The Morgan fingerprint density at radius 3 is 1.95 bits per heavy atom. The fourth-order valence-electron chi connectivity index (χ4n) is 1.77. The van der Waals surface area contributed by atoms with Gasteiger partial charge in [-0.15, -0.1) is 0 Å². The van der Waals surface area contributed by atoms with Crippen molar-refractivity contribution < 1.29 is 26.8 Å². The van der Waals surface area contributed by atoms with Crippen LogP contribution in [-0.2, 0) is 0 Å². The molecule has 0 saturated carbocycles. The van der Waals surface area contributed by atoms with Crippen LogP contribution in [-0.4, -0.2) is 5.91 Å². The van der Waals surface area contributed by atoms with Gasteiger partial charge in [0.05, 0.1) is 5.56 Å². The number of hydrogen-bond donors (Lipinski definition) is 1. The Kier molecular flexibility index (Phi) is 3.69. The van der Waals surface area contributed by atoms with Crippen LogP contribution in [0.3, 0.4) is 0 Å². The number of hydrogen-bond acceptors (Lipinski definition) is 1. The fraction of sp³-hybridized carbons (Fsp3) is 0. The largest absolute Gasteiger partial charge is 0.282 e. The lowest BCUT2D eigenvalue weighted by Gasteiger charge is -2.11. The van der Waals surface area contributed by atoms with Gasteiger partial charge in [-0.3, -0.25) is 4.79 Å². The maximum atomic E-state index is 13.8. The molecule has 0 heterocycles. The predicted octanol–water partition coefficient (Wildman–Crippen LogP) is 3.52. The van der Waals surface area contributed by atoms with E-state index in [2.05, 4.69) is 0 Å². The molecule has 0 bridgehead atoms. The highest BCUT2D eigenvalue weighted by molar-refractivity contribution is 6.00. The SMILES string of the molecule is O=C(NF)c1c(F)c(F)c(F)c(F)c1-c1ccccc1. The molecule has 2 nitrogen and oxygen atoms in total. The minimum absolute atomic E-state index is 0.0959. The summed E-state index contributed by atoms with van der Waals surface area (Å²) in [5.41, 5.74) is -1.61. The lowest BCUT2D eigenvalue weighted by molar-refractivity contribution is 0.0854. The van der Waals surface area contributed by atoms with Crippen LogP contribution in [0.2, 0.25) is 0 Å². The molecule has 0 aromatic heterocycles. The Balaban J connectivity index is 2.88. The summed E-state index contributed by atoms with van der Waals surface area (Å²) in [4.78, 5) is 11.3. The second kappa shape index (κ2) is 5.28. The smallest absolute Gasteiger partial charge is 0.267 e. The van der Waals surface area contributed by atoms with Crippen molar-refractivity contribution in [2.24, 2.45) is 0 Å². The average molecular weight is 287 g/mol. The fourth-order valence-corrected chi connectivity index (χ4v) is 1.77. The Hall–Kier alpha value is -2.44. The molecule has 0 unspecified atom stereocenters. The molecule has 2 aromatic carbocycles. The lowest BCUT2D eigenvalue weighted by Crippen LogP contribution is -2.19. The molecule has 0 aliphatic rings. The van der Waals surface area contributed by atoms with Gasteiger partial charge in [-0.2, -0.15) is 5.54 Å². The molecular formula is C13H6F5NO. The number of rotatable bonds is 2. The van der Waals surface area contributed by atoms with Gasteiger partial charge in [0, 0.05) is 5.56 Å². The number of carbonyl (C=O) groups excluding carboxylic acids is 1. The molecule has 0 aliphatic heterocycles. The van der Waals surface area contributed by atoms with Crippen LogP contribution >= 0.6 is 0 Å². The molecule has 2 aromatic rings. The van der Waals surface area contributed by atoms with Gasteiger partial charge in [0.2, 0.25) is 0 Å². The summed E-state index contributed by atoms with van der Waals surface area (Å²) in [5.74, 6) is -9.69. The normalized spacial score (nSPS) is 10.4. The molecule has 7 heteroatoms. The molecule has 0 fully saturated rings. The van der Waals surface area contributed by atoms with Crippen molar-refractivity contribution in [3.63, 3.8) is 0 Å². The van der Waals surface area contributed by atoms with Crippen molar-refractivity contribution in [2.75, 3.05) is 0 Å². The van der Waals surface area contributed by atoms with Crippen molar-refractivity contribution >= 4 is 5.91 Å². The molecule has 0 atom stereocenters. The van der Waals surface area contributed by atoms with Gasteiger partial charge < -0.3 is 0 Å². The van der Waals surface area contributed by atoms with Crippen molar-refractivity contribution in [3.8, 4) is 11.1 Å². The van der Waals surface area contributed by atoms with Crippen LogP contribution in [0.25, 0.3) is 11.1 Å². The average Bonchev–Trinajstić information content (AvgIpc) is 2.48. The monoisotopic (exact) mass is 287 g/mol. The highest BCUT2D eigenvalue weighted by atomic mass is 19.2. The number of carbonyl (C=O) groups is 1. The van der Waals surface area contributed by atoms with E-state index < -0.39 is 40.3 Å². The van der Waals surface area contributed by atoms with E-state index in [0.717, 1.165) is 0 Å². The first-order valence-corrected chi connectivity index (χ1v) is 5.31. The van der Waals surface area contributed by atoms with E-state index in [9.17, 15) is 26.8 Å². The zero-order valence-corrected chi connectivity index (χ0v) is 9.68. The summed E-state index contributed by atoms with van der Waals surface area (Å²) >= 11 is 0. The van der Waals surface area contributed by atoms with Crippen LogP contribution in [0.1, 0.15) is 10.4 Å². The van der Waals surface area contributed by atoms with E-state index in [4.69, 9.17) is 0 Å². The van der Waals surface area contributed by atoms with E-state index in [-0.39, 0.29) is 5.56 Å². The van der Waals surface area contributed by atoms with Crippen molar-refractivity contribution in [3.05, 3.63) is 59.2 Å². The molecule has 2 rings (SSSR count). The van der Waals surface area contributed by atoms with E-state index in [1.807, 2.05) is 0 Å². The van der Waals surface area contributed by atoms with Gasteiger partial charge in [0.15, 0.2) is 23.3 Å². The lowest BCUT2D eigenvalue weighted by atomic mass is 9.97. The predicted molar refractivity (Wildman–Crippen MR) is 60.3 cm³/mol. The highest BCUT2D eigenvalue weighted by Crippen LogP contribution is 2.32. The zero-order valence-electron chi connectivity index (χ0n) is 9.68. The number of halogens is 5. The third-order valence-electron chi connectivity index (χ3n) is 2.64. The minimum Gasteiger partial charge on any atom is -0.267 e. The third-order valence-corrected chi connectivity index (χ3v) is 2.64. The topological polar surface area (TPSA) is 29.1 Å². The summed E-state index contributed by atoms with van der Waals surface area (Å²) in [7, 11) is 0. The highest BCUT2D eigenvalue weighted by Gasteiger charge is 2.29. The molecule has 0 spiro atoms. The standard InChI is InChI=1S/C13H6F5NO/c14-9-7(6-4-2-1-3-5-6)8(13(20)19-18)10(15)12(17)11(9)16/h1-5H,(H,19,20). The molecule has 20 heavy (non-hydrogen) atoms. The van der Waals surface area contributed by atoms with Crippen LogP contribution in [0.15, 0.2) is 30.3 Å². The third kappa shape index (κ3) is 2.11. The van der Waals surface area contributed by atoms with Crippen LogP contribution in [0.5, 0.6) is 0 Å². The Morgan fingerprint density at radius 2 is 1.40 bits per heavy atom.